The number of ether oxygens (including phenoxy) is 1. The van der Waals surface area contributed by atoms with Crippen molar-refractivity contribution >= 4 is 6.40 Å². The predicted octanol–water partition coefficient (Wildman–Crippen LogP) is 3.02. The van der Waals surface area contributed by atoms with Crippen LogP contribution in [0.2, 0.25) is 0 Å². The maximum atomic E-state index is 5.73. The van der Waals surface area contributed by atoms with Crippen molar-refractivity contribution in [3.8, 4) is 0 Å². The van der Waals surface area contributed by atoms with Crippen molar-refractivity contribution in [3.63, 3.8) is 0 Å². The fraction of sp³-hybridized carbons (Fsp3) is 0.923. The average Bonchev–Trinajstić information content (AvgIpc) is 2.63. The van der Waals surface area contributed by atoms with E-state index in [0.717, 1.165) is 11.8 Å². The van der Waals surface area contributed by atoms with Crippen molar-refractivity contribution in [2.24, 2.45) is 22.2 Å². The first kappa shape index (κ1) is 9.68. The van der Waals surface area contributed by atoms with Crippen molar-refractivity contribution in [3.05, 3.63) is 0 Å². The lowest BCUT2D eigenvalue weighted by Crippen LogP contribution is -2.64. The first-order valence-electron chi connectivity index (χ1n) is 6.43. The Kier molecular flexibility index (Phi) is 2.08. The van der Waals surface area contributed by atoms with Gasteiger partial charge in [-0.3, -0.25) is 4.99 Å². The van der Waals surface area contributed by atoms with Gasteiger partial charge in [-0.25, -0.2) is 0 Å². The first-order chi connectivity index (χ1) is 7.26. The molecule has 15 heavy (non-hydrogen) atoms. The average molecular weight is 207 g/mol. The molecule has 3 aliphatic rings. The lowest BCUT2D eigenvalue weighted by Gasteiger charge is -2.60. The van der Waals surface area contributed by atoms with E-state index in [2.05, 4.69) is 18.8 Å². The molecule has 84 valence electrons. The van der Waals surface area contributed by atoms with Gasteiger partial charge < -0.3 is 4.74 Å². The Bertz CT molecular complexity index is 278. The molecule has 1 spiro atoms. The molecule has 0 aromatic heterocycles. The number of rotatable bonds is 1. The van der Waals surface area contributed by atoms with Gasteiger partial charge in [-0.15, -0.1) is 0 Å². The van der Waals surface area contributed by atoms with Gasteiger partial charge in [0, 0.05) is 5.41 Å². The van der Waals surface area contributed by atoms with Crippen LogP contribution >= 0.6 is 0 Å². The van der Waals surface area contributed by atoms with Crippen LogP contribution in [0, 0.1) is 17.3 Å². The van der Waals surface area contributed by atoms with E-state index in [1.54, 1.807) is 6.40 Å². The Morgan fingerprint density at radius 1 is 1.27 bits per heavy atom. The van der Waals surface area contributed by atoms with Crippen LogP contribution in [0.25, 0.3) is 0 Å². The van der Waals surface area contributed by atoms with Crippen LogP contribution in [0.5, 0.6) is 0 Å². The highest BCUT2D eigenvalue weighted by Crippen LogP contribution is 2.61. The number of aliphatic imine (C=N–C) groups is 1. The monoisotopic (exact) mass is 207 g/mol. The molecule has 2 fully saturated rings. The summed E-state index contributed by atoms with van der Waals surface area (Å²) in [5.74, 6) is 1.53. The van der Waals surface area contributed by atoms with Gasteiger partial charge in [-0.1, -0.05) is 33.1 Å². The van der Waals surface area contributed by atoms with Crippen LogP contribution in [0.4, 0.5) is 0 Å². The summed E-state index contributed by atoms with van der Waals surface area (Å²) in [5.41, 5.74) is 0.494. The minimum Gasteiger partial charge on any atom is -0.477 e. The highest BCUT2D eigenvalue weighted by molar-refractivity contribution is 5.52. The van der Waals surface area contributed by atoms with Crippen molar-refractivity contribution in [2.75, 3.05) is 0 Å². The molecule has 2 nitrogen and oxygen atoms in total. The first-order valence-corrected chi connectivity index (χ1v) is 6.43. The second-order valence-electron chi connectivity index (χ2n) is 5.87. The highest BCUT2D eigenvalue weighted by Gasteiger charge is 2.65. The van der Waals surface area contributed by atoms with E-state index in [9.17, 15) is 0 Å². The molecule has 0 N–H and O–H groups in total. The minimum atomic E-state index is 0.435. The number of fused-ring (bicyclic) bond motifs is 2. The Morgan fingerprint density at radius 3 is 2.67 bits per heavy atom. The fourth-order valence-corrected chi connectivity index (χ4v) is 4.38. The Hall–Kier alpha value is -0.530. The summed E-state index contributed by atoms with van der Waals surface area (Å²) < 4.78 is 5.73. The van der Waals surface area contributed by atoms with E-state index in [4.69, 9.17) is 4.74 Å². The molecule has 0 aromatic carbocycles. The van der Waals surface area contributed by atoms with Gasteiger partial charge in [-0.05, 0) is 24.7 Å². The zero-order chi connectivity index (χ0) is 10.5. The van der Waals surface area contributed by atoms with E-state index in [-0.39, 0.29) is 0 Å². The lowest BCUT2D eigenvalue weighted by atomic mass is 9.47. The predicted molar refractivity (Wildman–Crippen MR) is 61.0 cm³/mol. The Labute approximate surface area is 92.1 Å². The minimum absolute atomic E-state index is 0.435. The summed E-state index contributed by atoms with van der Waals surface area (Å²) in [6.45, 7) is 4.70. The van der Waals surface area contributed by atoms with Gasteiger partial charge in [0.1, 0.15) is 6.10 Å². The van der Waals surface area contributed by atoms with Crippen molar-refractivity contribution in [2.45, 2.75) is 58.1 Å². The van der Waals surface area contributed by atoms with Crippen LogP contribution < -0.4 is 0 Å². The van der Waals surface area contributed by atoms with Crippen LogP contribution in [0.1, 0.15) is 46.0 Å². The second-order valence-corrected chi connectivity index (χ2v) is 5.87. The van der Waals surface area contributed by atoms with Gasteiger partial charge in [0.05, 0.1) is 6.04 Å². The number of hydrogen-bond donors (Lipinski definition) is 0. The summed E-state index contributed by atoms with van der Waals surface area (Å²) in [7, 11) is 0. The summed E-state index contributed by atoms with van der Waals surface area (Å²) in [5, 5.41) is 0. The smallest absolute Gasteiger partial charge is 0.170 e. The number of hydrogen-bond acceptors (Lipinski definition) is 2. The second kappa shape index (κ2) is 3.23. The molecule has 1 heterocycles. The van der Waals surface area contributed by atoms with Gasteiger partial charge in [0.15, 0.2) is 6.40 Å². The standard InChI is InChI=1S/C13H21NO/c1-9(2)10-11-12(15-8-14-11)13(10)6-4-3-5-7-13/h8-12H,3-7H2,1-2H3/t10?,11-,12?/m1/s1. The van der Waals surface area contributed by atoms with Crippen LogP contribution in [-0.2, 0) is 4.74 Å². The quantitative estimate of drug-likeness (QED) is 0.647. The third-order valence-electron chi connectivity index (χ3n) is 4.85. The molecule has 0 aromatic rings. The third kappa shape index (κ3) is 1.14. The lowest BCUT2D eigenvalue weighted by molar-refractivity contribution is -0.151. The molecule has 2 saturated carbocycles. The molecule has 1 aliphatic heterocycles. The molecule has 0 amide bonds. The van der Waals surface area contributed by atoms with E-state index in [1.807, 2.05) is 0 Å². The SMILES string of the molecule is CC(C)C1[C@H]2N=COC2C12CCCCC2. The van der Waals surface area contributed by atoms with Crippen molar-refractivity contribution in [1.29, 1.82) is 0 Å². The largest absolute Gasteiger partial charge is 0.477 e. The van der Waals surface area contributed by atoms with Crippen molar-refractivity contribution < 1.29 is 4.74 Å². The molecule has 3 rings (SSSR count). The molecule has 2 aliphatic carbocycles. The maximum Gasteiger partial charge on any atom is 0.170 e. The molecule has 0 saturated heterocycles. The molecule has 0 bridgehead atoms. The maximum absolute atomic E-state index is 5.73. The molecule has 3 atom stereocenters. The van der Waals surface area contributed by atoms with Crippen LogP contribution in [-0.4, -0.2) is 18.5 Å². The van der Waals surface area contributed by atoms with Crippen LogP contribution in [0.3, 0.4) is 0 Å². The van der Waals surface area contributed by atoms with Gasteiger partial charge in [0.25, 0.3) is 0 Å². The zero-order valence-electron chi connectivity index (χ0n) is 9.78. The topological polar surface area (TPSA) is 21.6 Å². The normalized spacial score (nSPS) is 41.4. The molecular formula is C13H21NO. The van der Waals surface area contributed by atoms with E-state index in [0.29, 0.717) is 17.6 Å². The van der Waals surface area contributed by atoms with Crippen LogP contribution in [0.15, 0.2) is 4.99 Å². The van der Waals surface area contributed by atoms with Gasteiger partial charge >= 0.3 is 0 Å². The summed E-state index contributed by atoms with van der Waals surface area (Å²) in [6.07, 6.45) is 9.12. The molecule has 2 unspecified atom stereocenters. The molecular weight excluding hydrogens is 186 g/mol. The van der Waals surface area contributed by atoms with Gasteiger partial charge in [-0.2, -0.15) is 0 Å². The summed E-state index contributed by atoms with van der Waals surface area (Å²) in [4.78, 5) is 4.51. The van der Waals surface area contributed by atoms with E-state index >= 15 is 0 Å². The third-order valence-corrected chi connectivity index (χ3v) is 4.85. The van der Waals surface area contributed by atoms with Gasteiger partial charge in [0.2, 0.25) is 0 Å². The Balaban J connectivity index is 1.86. The Morgan fingerprint density at radius 2 is 2.00 bits per heavy atom. The van der Waals surface area contributed by atoms with E-state index < -0.39 is 0 Å². The molecule has 0 radical (unpaired) electrons. The van der Waals surface area contributed by atoms with E-state index in [1.165, 1.54) is 32.1 Å². The highest BCUT2D eigenvalue weighted by atomic mass is 16.5. The summed E-state index contributed by atoms with van der Waals surface area (Å²) >= 11 is 0. The fourth-order valence-electron chi connectivity index (χ4n) is 4.38. The van der Waals surface area contributed by atoms with Crippen molar-refractivity contribution in [1.82, 2.24) is 0 Å². The number of nitrogens with zero attached hydrogens (tertiary/aromatic N) is 1. The summed E-state index contributed by atoms with van der Waals surface area (Å²) in [6, 6.07) is 0.489. The molecule has 2 heteroatoms. The zero-order valence-corrected chi connectivity index (χ0v) is 9.78.